The molecule has 0 saturated heterocycles. The molecule has 4 nitrogen and oxygen atoms in total. The second-order valence-corrected chi connectivity index (χ2v) is 11.3. The minimum atomic E-state index is -0.588. The number of nitrogens with one attached hydrogen (secondary N) is 2. The molecule has 6 heteroatoms. The molecule has 3 aromatic rings. The summed E-state index contributed by atoms with van der Waals surface area (Å²) in [7, 11) is 0. The summed E-state index contributed by atoms with van der Waals surface area (Å²) < 4.78 is 14.2. The van der Waals surface area contributed by atoms with E-state index in [1.54, 1.807) is 12.1 Å². The van der Waals surface area contributed by atoms with Gasteiger partial charge in [-0.05, 0) is 85.4 Å². The predicted octanol–water partition coefficient (Wildman–Crippen LogP) is 7.16. The summed E-state index contributed by atoms with van der Waals surface area (Å²) >= 11 is 1.44. The van der Waals surface area contributed by atoms with Crippen molar-refractivity contribution in [1.29, 1.82) is 0 Å². The first-order valence-electron chi connectivity index (χ1n) is 11.6. The Balaban J connectivity index is 1.70. The Morgan fingerprint density at radius 3 is 2.41 bits per heavy atom. The molecule has 2 amide bonds. The van der Waals surface area contributed by atoms with Crippen molar-refractivity contribution in [3.63, 3.8) is 0 Å². The zero-order valence-electron chi connectivity index (χ0n) is 20.3. The first-order chi connectivity index (χ1) is 16.0. The second-order valence-electron chi connectivity index (χ2n) is 10.2. The third kappa shape index (κ3) is 4.92. The van der Waals surface area contributed by atoms with E-state index in [-0.39, 0.29) is 16.9 Å². The fraction of sp³-hybridized carbons (Fsp3) is 0.357. The zero-order chi connectivity index (χ0) is 24.6. The topological polar surface area (TPSA) is 58.2 Å². The lowest BCUT2D eigenvalue weighted by Gasteiger charge is -2.33. The van der Waals surface area contributed by atoms with Crippen molar-refractivity contribution in [2.24, 2.45) is 11.3 Å². The normalized spacial score (nSPS) is 15.5. The van der Waals surface area contributed by atoms with Gasteiger partial charge in [0.2, 0.25) is 0 Å². The van der Waals surface area contributed by atoms with Gasteiger partial charge in [0, 0.05) is 10.6 Å². The van der Waals surface area contributed by atoms with E-state index in [0.717, 1.165) is 40.8 Å². The van der Waals surface area contributed by atoms with E-state index in [9.17, 15) is 14.0 Å². The number of anilines is 2. The first-order valence-corrected chi connectivity index (χ1v) is 12.4. The van der Waals surface area contributed by atoms with Crippen molar-refractivity contribution in [3.8, 4) is 0 Å². The van der Waals surface area contributed by atoms with Gasteiger partial charge in [-0.3, -0.25) is 9.59 Å². The fourth-order valence-electron chi connectivity index (χ4n) is 4.48. The van der Waals surface area contributed by atoms with Crippen LogP contribution >= 0.6 is 11.3 Å². The van der Waals surface area contributed by atoms with Gasteiger partial charge >= 0.3 is 0 Å². The van der Waals surface area contributed by atoms with Gasteiger partial charge in [-0.2, -0.15) is 0 Å². The van der Waals surface area contributed by atoms with Crippen molar-refractivity contribution >= 4 is 33.8 Å². The molecule has 0 spiro atoms. The zero-order valence-corrected chi connectivity index (χ0v) is 21.2. The molecular formula is C28H31FN2O2S. The third-order valence-corrected chi connectivity index (χ3v) is 8.00. The smallest absolute Gasteiger partial charge is 0.259 e. The number of carbonyl (C=O) groups excluding carboxylic acids is 2. The van der Waals surface area contributed by atoms with Crippen molar-refractivity contribution in [2.75, 3.05) is 10.6 Å². The molecule has 0 aliphatic heterocycles. The quantitative estimate of drug-likeness (QED) is 0.418. The lowest BCUT2D eigenvalue weighted by molar-refractivity contribution is 0.102. The summed E-state index contributed by atoms with van der Waals surface area (Å²) in [6.07, 6.45) is 2.62. The van der Waals surface area contributed by atoms with Crippen LogP contribution < -0.4 is 10.6 Å². The Bertz CT molecular complexity index is 1260. The highest BCUT2D eigenvalue weighted by Gasteiger charge is 2.34. The van der Waals surface area contributed by atoms with Crippen molar-refractivity contribution in [2.45, 2.75) is 53.9 Å². The van der Waals surface area contributed by atoms with Crippen LogP contribution in [0.25, 0.3) is 0 Å². The predicted molar refractivity (Wildman–Crippen MR) is 138 cm³/mol. The van der Waals surface area contributed by atoms with Gasteiger partial charge in [0.05, 0.1) is 11.1 Å². The molecule has 1 aromatic heterocycles. The highest BCUT2D eigenvalue weighted by molar-refractivity contribution is 7.17. The molecule has 4 rings (SSSR count). The molecule has 1 aliphatic rings. The van der Waals surface area contributed by atoms with Crippen LogP contribution in [-0.2, 0) is 12.8 Å². The minimum absolute atomic E-state index is 0.0399. The number of amides is 2. The molecule has 1 unspecified atom stereocenters. The number of aryl methyl sites for hydroxylation is 2. The molecule has 2 aromatic carbocycles. The van der Waals surface area contributed by atoms with Crippen molar-refractivity contribution < 1.29 is 14.0 Å². The largest absolute Gasteiger partial charge is 0.322 e. The Morgan fingerprint density at radius 2 is 1.74 bits per heavy atom. The van der Waals surface area contributed by atoms with Gasteiger partial charge in [0.25, 0.3) is 11.8 Å². The van der Waals surface area contributed by atoms with Crippen LogP contribution in [0.3, 0.4) is 0 Å². The number of hydrogen-bond donors (Lipinski definition) is 2. The number of halogens is 1. The van der Waals surface area contributed by atoms with Gasteiger partial charge in [-0.25, -0.2) is 4.39 Å². The summed E-state index contributed by atoms with van der Waals surface area (Å²) in [6, 6.07) is 11.7. The Labute approximate surface area is 204 Å². The molecule has 0 bridgehead atoms. The van der Waals surface area contributed by atoms with E-state index in [2.05, 4.69) is 31.4 Å². The number of hydrogen-bond acceptors (Lipinski definition) is 3. The molecule has 34 heavy (non-hydrogen) atoms. The van der Waals surface area contributed by atoms with Crippen LogP contribution in [-0.4, -0.2) is 11.8 Å². The van der Waals surface area contributed by atoms with Crippen LogP contribution in [0.5, 0.6) is 0 Å². The van der Waals surface area contributed by atoms with Crippen LogP contribution in [0.1, 0.15) is 69.5 Å². The maximum Gasteiger partial charge on any atom is 0.259 e. The summed E-state index contributed by atoms with van der Waals surface area (Å²) in [5.74, 6) is -0.900. The summed E-state index contributed by atoms with van der Waals surface area (Å²) in [5.41, 5.74) is 4.55. The van der Waals surface area contributed by atoms with Crippen LogP contribution in [0.2, 0.25) is 0 Å². The molecule has 0 radical (unpaired) electrons. The maximum absolute atomic E-state index is 14.2. The minimum Gasteiger partial charge on any atom is -0.322 e. The molecule has 1 aliphatic carbocycles. The van der Waals surface area contributed by atoms with E-state index in [0.29, 0.717) is 22.2 Å². The van der Waals surface area contributed by atoms with Gasteiger partial charge in [-0.1, -0.05) is 39.0 Å². The van der Waals surface area contributed by atoms with E-state index in [1.807, 2.05) is 32.0 Å². The average molecular weight is 479 g/mol. The van der Waals surface area contributed by atoms with Gasteiger partial charge < -0.3 is 10.6 Å². The SMILES string of the molecule is Cc1ccc(NC(=O)c2c(NC(=O)c3ccccc3F)sc3c2CCC(C(C)(C)C)C3)cc1C. The number of fused-ring (bicyclic) bond motifs is 1. The van der Waals surface area contributed by atoms with Crippen LogP contribution in [0.15, 0.2) is 42.5 Å². The summed E-state index contributed by atoms with van der Waals surface area (Å²) in [4.78, 5) is 27.5. The molecule has 1 heterocycles. The fourth-order valence-corrected chi connectivity index (χ4v) is 5.80. The van der Waals surface area contributed by atoms with E-state index >= 15 is 0 Å². The summed E-state index contributed by atoms with van der Waals surface area (Å²) in [6.45, 7) is 10.8. The monoisotopic (exact) mass is 478 g/mol. The van der Waals surface area contributed by atoms with Crippen LogP contribution in [0, 0.1) is 31.0 Å². The standard InChI is InChI=1S/C28H31FN2O2S/c1-16-10-12-19(14-17(16)2)30-26(33)24-21-13-11-18(28(3,4)5)15-23(21)34-27(24)31-25(32)20-8-6-7-9-22(20)29/h6-10,12,14,18H,11,13,15H2,1-5H3,(H,30,33)(H,31,32). The van der Waals surface area contributed by atoms with Gasteiger partial charge in [0.15, 0.2) is 0 Å². The number of rotatable bonds is 4. The number of benzene rings is 2. The number of thiophene rings is 1. The molecular weight excluding hydrogens is 447 g/mol. The summed E-state index contributed by atoms with van der Waals surface area (Å²) in [5, 5.41) is 6.34. The lowest BCUT2D eigenvalue weighted by Crippen LogP contribution is -2.27. The van der Waals surface area contributed by atoms with Crippen molar-refractivity contribution in [1.82, 2.24) is 0 Å². The maximum atomic E-state index is 14.2. The van der Waals surface area contributed by atoms with Crippen LogP contribution in [0.4, 0.5) is 15.1 Å². The molecule has 1 atom stereocenters. The van der Waals surface area contributed by atoms with Gasteiger partial charge in [0.1, 0.15) is 10.8 Å². The average Bonchev–Trinajstić information content (AvgIpc) is 3.13. The highest BCUT2D eigenvalue weighted by atomic mass is 32.1. The molecule has 2 N–H and O–H groups in total. The Morgan fingerprint density at radius 1 is 1.00 bits per heavy atom. The highest BCUT2D eigenvalue weighted by Crippen LogP contribution is 2.44. The molecule has 0 saturated carbocycles. The van der Waals surface area contributed by atoms with E-state index in [1.165, 1.54) is 23.5 Å². The Kier molecular flexibility index (Phi) is 6.63. The lowest BCUT2D eigenvalue weighted by atomic mass is 9.72. The second kappa shape index (κ2) is 9.34. The molecule has 0 fully saturated rings. The van der Waals surface area contributed by atoms with Crippen molar-refractivity contribution in [3.05, 3.63) is 81.0 Å². The molecule has 178 valence electrons. The van der Waals surface area contributed by atoms with E-state index < -0.39 is 11.7 Å². The van der Waals surface area contributed by atoms with Gasteiger partial charge in [-0.15, -0.1) is 11.3 Å². The number of carbonyl (C=O) groups is 2. The third-order valence-electron chi connectivity index (χ3n) is 6.83. The first kappa shape index (κ1) is 24.1. The van der Waals surface area contributed by atoms with E-state index in [4.69, 9.17) is 0 Å². The Hall–Kier alpha value is -2.99.